The lowest BCUT2D eigenvalue weighted by atomic mass is 9.97. The molecule has 0 saturated carbocycles. The third-order valence-corrected chi connectivity index (χ3v) is 3.93. The standard InChI is InChI=1S/C19H21N/c1-3-9-16(10-4-1)15-19(17-11-5-2-6-12-17)20-18-13-7-8-14-18/h1-12,18-20H,13-15H2. The van der Waals surface area contributed by atoms with Crippen LogP contribution in [0.3, 0.4) is 0 Å². The first kappa shape index (κ1) is 13.1. The summed E-state index contributed by atoms with van der Waals surface area (Å²) in [6, 6.07) is 22.5. The topological polar surface area (TPSA) is 12.0 Å². The highest BCUT2D eigenvalue weighted by molar-refractivity contribution is 5.24. The maximum atomic E-state index is 3.82. The summed E-state index contributed by atoms with van der Waals surface area (Å²) < 4.78 is 0. The molecule has 1 N–H and O–H groups in total. The van der Waals surface area contributed by atoms with Crippen LogP contribution in [0, 0.1) is 0 Å². The molecule has 0 aromatic heterocycles. The first-order valence-corrected chi connectivity index (χ1v) is 7.42. The molecule has 1 aliphatic carbocycles. The maximum Gasteiger partial charge on any atom is 0.0363 e. The Labute approximate surface area is 121 Å². The molecule has 0 aliphatic heterocycles. The summed E-state index contributed by atoms with van der Waals surface area (Å²) in [5, 5.41) is 3.82. The number of hydrogen-bond donors (Lipinski definition) is 1. The molecule has 0 spiro atoms. The normalized spacial score (nSPS) is 16.4. The Balaban J connectivity index is 1.76. The number of rotatable bonds is 5. The van der Waals surface area contributed by atoms with Gasteiger partial charge in [-0.05, 0) is 30.4 Å². The molecule has 0 fully saturated rings. The van der Waals surface area contributed by atoms with E-state index in [1.165, 1.54) is 11.1 Å². The van der Waals surface area contributed by atoms with Gasteiger partial charge in [0.05, 0.1) is 0 Å². The van der Waals surface area contributed by atoms with Gasteiger partial charge in [0.1, 0.15) is 0 Å². The minimum atomic E-state index is 0.392. The SMILES string of the molecule is C1=CCC(NC(Cc2ccccc2)c2ccccc2)C1. The summed E-state index contributed by atoms with van der Waals surface area (Å²) in [6.07, 6.45) is 7.90. The summed E-state index contributed by atoms with van der Waals surface area (Å²) in [5.74, 6) is 0. The van der Waals surface area contributed by atoms with Crippen molar-refractivity contribution in [1.82, 2.24) is 5.32 Å². The fraction of sp³-hybridized carbons (Fsp3) is 0.263. The van der Waals surface area contributed by atoms with Crippen molar-refractivity contribution in [2.75, 3.05) is 0 Å². The molecule has 0 heterocycles. The van der Waals surface area contributed by atoms with Crippen molar-refractivity contribution in [3.05, 3.63) is 83.9 Å². The average molecular weight is 263 g/mol. The van der Waals surface area contributed by atoms with Gasteiger partial charge in [0, 0.05) is 12.1 Å². The minimum Gasteiger partial charge on any atom is -0.306 e. The van der Waals surface area contributed by atoms with Crippen molar-refractivity contribution < 1.29 is 0 Å². The van der Waals surface area contributed by atoms with Gasteiger partial charge in [-0.1, -0.05) is 72.8 Å². The first-order valence-electron chi connectivity index (χ1n) is 7.42. The van der Waals surface area contributed by atoms with Gasteiger partial charge in [-0.3, -0.25) is 0 Å². The molecule has 102 valence electrons. The van der Waals surface area contributed by atoms with Crippen LogP contribution < -0.4 is 5.32 Å². The Morgan fingerprint density at radius 2 is 1.45 bits per heavy atom. The lowest BCUT2D eigenvalue weighted by Gasteiger charge is -2.23. The van der Waals surface area contributed by atoms with Crippen molar-refractivity contribution >= 4 is 0 Å². The zero-order valence-electron chi connectivity index (χ0n) is 11.7. The predicted octanol–water partition coefficient (Wildman–Crippen LogP) is 4.28. The van der Waals surface area contributed by atoms with Gasteiger partial charge in [-0.15, -0.1) is 0 Å². The Hall–Kier alpha value is -1.86. The molecule has 2 aromatic rings. The molecule has 1 heteroatoms. The van der Waals surface area contributed by atoms with Crippen LogP contribution in [-0.2, 0) is 6.42 Å². The number of nitrogens with one attached hydrogen (secondary N) is 1. The highest BCUT2D eigenvalue weighted by Gasteiger charge is 2.17. The molecule has 1 atom stereocenters. The Morgan fingerprint density at radius 1 is 0.850 bits per heavy atom. The van der Waals surface area contributed by atoms with Crippen LogP contribution in [0.4, 0.5) is 0 Å². The van der Waals surface area contributed by atoms with Crippen molar-refractivity contribution in [1.29, 1.82) is 0 Å². The zero-order chi connectivity index (χ0) is 13.6. The van der Waals surface area contributed by atoms with E-state index in [9.17, 15) is 0 Å². The second-order valence-corrected chi connectivity index (χ2v) is 5.46. The van der Waals surface area contributed by atoms with Gasteiger partial charge >= 0.3 is 0 Å². The largest absolute Gasteiger partial charge is 0.306 e. The third-order valence-electron chi connectivity index (χ3n) is 3.93. The van der Waals surface area contributed by atoms with Gasteiger partial charge in [0.2, 0.25) is 0 Å². The van der Waals surface area contributed by atoms with Crippen molar-refractivity contribution in [3.8, 4) is 0 Å². The monoisotopic (exact) mass is 263 g/mol. The molecule has 3 rings (SSSR count). The Morgan fingerprint density at radius 3 is 2.10 bits per heavy atom. The van der Waals surface area contributed by atoms with E-state index in [0.717, 1.165) is 19.3 Å². The molecule has 0 saturated heterocycles. The van der Waals surface area contributed by atoms with E-state index in [1.54, 1.807) is 0 Å². The number of hydrogen-bond acceptors (Lipinski definition) is 1. The lowest BCUT2D eigenvalue weighted by Crippen LogP contribution is -2.32. The molecule has 20 heavy (non-hydrogen) atoms. The molecule has 0 bridgehead atoms. The van der Waals surface area contributed by atoms with E-state index in [2.05, 4.69) is 78.1 Å². The third kappa shape index (κ3) is 3.37. The van der Waals surface area contributed by atoms with Gasteiger partial charge in [-0.2, -0.15) is 0 Å². The van der Waals surface area contributed by atoms with E-state index in [-0.39, 0.29) is 0 Å². The lowest BCUT2D eigenvalue weighted by molar-refractivity contribution is 0.445. The predicted molar refractivity (Wildman–Crippen MR) is 84.6 cm³/mol. The van der Waals surface area contributed by atoms with Gasteiger partial charge in [0.15, 0.2) is 0 Å². The highest BCUT2D eigenvalue weighted by atomic mass is 14.9. The quantitative estimate of drug-likeness (QED) is 0.794. The Kier molecular flexibility index (Phi) is 4.29. The molecule has 0 amide bonds. The van der Waals surface area contributed by atoms with Crippen LogP contribution in [0.15, 0.2) is 72.8 Å². The maximum absolute atomic E-state index is 3.82. The Bertz CT molecular complexity index is 536. The molecular weight excluding hydrogens is 242 g/mol. The van der Waals surface area contributed by atoms with Crippen LogP contribution >= 0.6 is 0 Å². The van der Waals surface area contributed by atoms with Crippen molar-refractivity contribution in [2.24, 2.45) is 0 Å². The van der Waals surface area contributed by atoms with E-state index in [4.69, 9.17) is 0 Å². The van der Waals surface area contributed by atoms with Crippen LogP contribution in [0.5, 0.6) is 0 Å². The second kappa shape index (κ2) is 6.53. The fourth-order valence-corrected chi connectivity index (χ4v) is 2.85. The molecular formula is C19H21N. The fourth-order valence-electron chi connectivity index (χ4n) is 2.85. The summed E-state index contributed by atoms with van der Waals surface area (Å²) in [5.41, 5.74) is 2.77. The summed E-state index contributed by atoms with van der Waals surface area (Å²) >= 11 is 0. The summed E-state index contributed by atoms with van der Waals surface area (Å²) in [7, 11) is 0. The van der Waals surface area contributed by atoms with Gasteiger partial charge < -0.3 is 5.32 Å². The minimum absolute atomic E-state index is 0.392. The molecule has 1 aliphatic rings. The number of benzene rings is 2. The van der Waals surface area contributed by atoms with E-state index in [1.807, 2.05) is 0 Å². The van der Waals surface area contributed by atoms with Crippen molar-refractivity contribution in [3.63, 3.8) is 0 Å². The van der Waals surface area contributed by atoms with E-state index >= 15 is 0 Å². The smallest absolute Gasteiger partial charge is 0.0363 e. The summed E-state index contributed by atoms with van der Waals surface area (Å²) in [6.45, 7) is 0. The van der Waals surface area contributed by atoms with E-state index < -0.39 is 0 Å². The van der Waals surface area contributed by atoms with Crippen LogP contribution in [0.1, 0.15) is 30.0 Å². The van der Waals surface area contributed by atoms with Crippen LogP contribution in [0.25, 0.3) is 0 Å². The molecule has 2 aromatic carbocycles. The average Bonchev–Trinajstić information content (AvgIpc) is 3.02. The summed E-state index contributed by atoms with van der Waals surface area (Å²) in [4.78, 5) is 0. The van der Waals surface area contributed by atoms with Crippen LogP contribution in [0.2, 0.25) is 0 Å². The van der Waals surface area contributed by atoms with Crippen LogP contribution in [-0.4, -0.2) is 6.04 Å². The highest BCUT2D eigenvalue weighted by Crippen LogP contribution is 2.22. The van der Waals surface area contributed by atoms with Crippen molar-refractivity contribution in [2.45, 2.75) is 31.3 Å². The van der Waals surface area contributed by atoms with Gasteiger partial charge in [-0.25, -0.2) is 0 Å². The second-order valence-electron chi connectivity index (χ2n) is 5.46. The molecule has 0 radical (unpaired) electrons. The zero-order valence-corrected chi connectivity index (χ0v) is 11.7. The molecule has 1 unspecified atom stereocenters. The first-order chi connectivity index (χ1) is 9.92. The van der Waals surface area contributed by atoms with E-state index in [0.29, 0.717) is 12.1 Å². The molecule has 1 nitrogen and oxygen atoms in total. The van der Waals surface area contributed by atoms with Gasteiger partial charge in [0.25, 0.3) is 0 Å².